The van der Waals surface area contributed by atoms with E-state index in [1.165, 1.54) is 24.3 Å². The molecular formula is C16H11ClF3N3OS. The molecule has 0 atom stereocenters. The molecule has 1 aliphatic rings. The summed E-state index contributed by atoms with van der Waals surface area (Å²) >= 11 is 7.04. The molecule has 0 saturated heterocycles. The highest BCUT2D eigenvalue weighted by molar-refractivity contribution is 7.18. The molecule has 0 fully saturated rings. The molecule has 0 bridgehead atoms. The van der Waals surface area contributed by atoms with Crippen LogP contribution in [0.1, 0.15) is 16.3 Å². The first-order valence-electron chi connectivity index (χ1n) is 7.47. The number of nitrogens with zero attached hydrogens (tertiary/aromatic N) is 2. The fourth-order valence-corrected chi connectivity index (χ4v) is 4.38. The third-order valence-electron chi connectivity index (χ3n) is 4.07. The molecule has 1 aromatic carbocycles. The predicted molar refractivity (Wildman–Crippen MR) is 90.6 cm³/mol. The molecule has 9 heteroatoms. The monoisotopic (exact) mass is 385 g/mol. The summed E-state index contributed by atoms with van der Waals surface area (Å²) in [5.41, 5.74) is 0.132. The van der Waals surface area contributed by atoms with Crippen molar-refractivity contribution in [1.29, 1.82) is 0 Å². The topological polar surface area (TPSA) is 46.9 Å². The average molecular weight is 386 g/mol. The quantitative estimate of drug-likeness (QED) is 0.693. The molecule has 0 spiro atoms. The van der Waals surface area contributed by atoms with Gasteiger partial charge in [-0.15, -0.1) is 11.3 Å². The molecule has 2 aromatic heterocycles. The molecule has 0 aliphatic carbocycles. The molecule has 0 amide bonds. The molecular weight excluding hydrogens is 375 g/mol. The van der Waals surface area contributed by atoms with Crippen molar-refractivity contribution >= 4 is 33.2 Å². The molecule has 0 unspecified atom stereocenters. The van der Waals surface area contributed by atoms with Crippen LogP contribution >= 0.6 is 22.9 Å². The summed E-state index contributed by atoms with van der Waals surface area (Å²) in [6.45, 7) is 1.21. The Bertz CT molecular complexity index is 1040. The highest BCUT2D eigenvalue weighted by Crippen LogP contribution is 2.35. The summed E-state index contributed by atoms with van der Waals surface area (Å²) in [6, 6.07) is 5.78. The number of hydrogen-bond donors (Lipinski definition) is 1. The minimum absolute atomic E-state index is 0.0492. The fraction of sp³-hybridized carbons (Fsp3) is 0.250. The number of halogens is 4. The number of aromatic nitrogens is 2. The van der Waals surface area contributed by atoms with Gasteiger partial charge >= 0.3 is 6.18 Å². The Morgan fingerprint density at radius 3 is 2.84 bits per heavy atom. The number of alkyl halides is 3. The number of nitrogens with one attached hydrogen (secondary N) is 1. The predicted octanol–water partition coefficient (Wildman–Crippen LogP) is 3.77. The lowest BCUT2D eigenvalue weighted by Crippen LogP contribution is -2.29. The van der Waals surface area contributed by atoms with Crippen LogP contribution in [0.5, 0.6) is 0 Å². The maximum atomic E-state index is 13.6. The Balaban J connectivity index is 2.12. The van der Waals surface area contributed by atoms with E-state index >= 15 is 0 Å². The second-order valence-electron chi connectivity index (χ2n) is 5.66. The van der Waals surface area contributed by atoms with E-state index in [-0.39, 0.29) is 20.9 Å². The van der Waals surface area contributed by atoms with Gasteiger partial charge in [-0.2, -0.15) is 13.2 Å². The zero-order chi connectivity index (χ0) is 17.8. The van der Waals surface area contributed by atoms with Gasteiger partial charge in [-0.05, 0) is 36.7 Å². The van der Waals surface area contributed by atoms with Crippen LogP contribution in [-0.4, -0.2) is 16.1 Å². The smallest absolute Gasteiger partial charge is 0.312 e. The van der Waals surface area contributed by atoms with E-state index in [1.807, 2.05) is 0 Å². The Morgan fingerprint density at radius 2 is 2.12 bits per heavy atom. The largest absolute Gasteiger partial charge is 0.450 e. The van der Waals surface area contributed by atoms with Gasteiger partial charge in [0.25, 0.3) is 5.56 Å². The number of thiophene rings is 1. The van der Waals surface area contributed by atoms with Crippen molar-refractivity contribution in [1.82, 2.24) is 14.9 Å². The Kier molecular flexibility index (Phi) is 3.86. The molecule has 0 saturated carbocycles. The van der Waals surface area contributed by atoms with Gasteiger partial charge in [0, 0.05) is 16.4 Å². The molecule has 130 valence electrons. The van der Waals surface area contributed by atoms with E-state index in [0.717, 1.165) is 21.8 Å². The van der Waals surface area contributed by atoms with Gasteiger partial charge in [0.1, 0.15) is 4.83 Å². The summed E-state index contributed by atoms with van der Waals surface area (Å²) < 4.78 is 41.3. The Hall–Kier alpha value is -1.90. The van der Waals surface area contributed by atoms with Crippen LogP contribution in [0.25, 0.3) is 15.9 Å². The van der Waals surface area contributed by atoms with Gasteiger partial charge in [-0.25, -0.2) is 4.98 Å². The molecule has 3 aromatic rings. The van der Waals surface area contributed by atoms with Crippen molar-refractivity contribution in [2.45, 2.75) is 19.1 Å². The first kappa shape index (κ1) is 16.6. The van der Waals surface area contributed by atoms with E-state index in [9.17, 15) is 18.0 Å². The minimum atomic E-state index is -4.77. The van der Waals surface area contributed by atoms with Gasteiger partial charge in [-0.1, -0.05) is 17.7 Å². The fourth-order valence-electron chi connectivity index (χ4n) is 3.02. The summed E-state index contributed by atoms with van der Waals surface area (Å²) in [5, 5.41) is 3.67. The van der Waals surface area contributed by atoms with Crippen LogP contribution in [0.4, 0.5) is 13.2 Å². The summed E-state index contributed by atoms with van der Waals surface area (Å²) in [7, 11) is 0. The molecule has 3 heterocycles. The molecule has 4 rings (SSSR count). The molecule has 4 nitrogen and oxygen atoms in total. The van der Waals surface area contributed by atoms with Crippen molar-refractivity contribution < 1.29 is 13.2 Å². The first-order valence-corrected chi connectivity index (χ1v) is 8.67. The normalized spacial score (nSPS) is 14.7. The van der Waals surface area contributed by atoms with E-state index in [1.54, 1.807) is 0 Å². The molecule has 25 heavy (non-hydrogen) atoms. The summed E-state index contributed by atoms with van der Waals surface area (Å²) in [6.07, 6.45) is -4.18. The third kappa shape index (κ3) is 2.74. The zero-order valence-electron chi connectivity index (χ0n) is 12.7. The summed E-state index contributed by atoms with van der Waals surface area (Å²) in [4.78, 5) is 17.8. The summed E-state index contributed by atoms with van der Waals surface area (Å²) in [5.74, 6) is -1.24. The number of fused-ring (bicyclic) bond motifs is 3. The van der Waals surface area contributed by atoms with Gasteiger partial charge in [0.05, 0.1) is 11.1 Å². The van der Waals surface area contributed by atoms with Crippen LogP contribution in [-0.2, 0) is 19.1 Å². The molecule has 0 radical (unpaired) electrons. The van der Waals surface area contributed by atoms with Gasteiger partial charge in [-0.3, -0.25) is 9.36 Å². The van der Waals surface area contributed by atoms with E-state index in [0.29, 0.717) is 24.1 Å². The number of hydrogen-bond acceptors (Lipinski definition) is 4. The Labute approximate surface area is 148 Å². The number of rotatable bonds is 1. The second kappa shape index (κ2) is 5.82. The van der Waals surface area contributed by atoms with E-state index in [4.69, 9.17) is 11.6 Å². The average Bonchev–Trinajstić information content (AvgIpc) is 2.92. The highest BCUT2D eigenvalue weighted by atomic mass is 35.5. The van der Waals surface area contributed by atoms with Crippen LogP contribution in [0.3, 0.4) is 0 Å². The van der Waals surface area contributed by atoms with Crippen molar-refractivity contribution in [2.75, 3.05) is 6.54 Å². The lowest BCUT2D eigenvalue weighted by atomic mass is 10.1. The van der Waals surface area contributed by atoms with Crippen LogP contribution < -0.4 is 10.9 Å². The maximum absolute atomic E-state index is 13.6. The van der Waals surface area contributed by atoms with Crippen LogP contribution in [0.15, 0.2) is 29.1 Å². The third-order valence-corrected chi connectivity index (χ3v) is 5.43. The van der Waals surface area contributed by atoms with Crippen molar-refractivity contribution in [3.63, 3.8) is 0 Å². The van der Waals surface area contributed by atoms with E-state index in [2.05, 4.69) is 10.3 Å². The number of benzene rings is 1. The Morgan fingerprint density at radius 1 is 1.32 bits per heavy atom. The first-order chi connectivity index (χ1) is 11.9. The van der Waals surface area contributed by atoms with Gasteiger partial charge in [0.2, 0.25) is 5.82 Å². The van der Waals surface area contributed by atoms with Crippen LogP contribution in [0, 0.1) is 0 Å². The minimum Gasteiger partial charge on any atom is -0.312 e. The van der Waals surface area contributed by atoms with Crippen LogP contribution in [0.2, 0.25) is 5.02 Å². The highest BCUT2D eigenvalue weighted by Gasteiger charge is 2.38. The van der Waals surface area contributed by atoms with Crippen molar-refractivity contribution in [3.05, 3.63) is 55.9 Å². The second-order valence-corrected chi connectivity index (χ2v) is 7.18. The lowest BCUT2D eigenvalue weighted by molar-refractivity contribution is -0.146. The van der Waals surface area contributed by atoms with Crippen molar-refractivity contribution in [3.8, 4) is 5.69 Å². The SMILES string of the molecule is O=c1c2c3c(sc2nc(C(F)(F)F)n1-c1cccc(Cl)c1)CNCC3. The van der Waals surface area contributed by atoms with Crippen molar-refractivity contribution in [2.24, 2.45) is 0 Å². The standard InChI is InChI=1S/C16H11ClF3N3OS/c17-8-2-1-3-9(6-8)23-14(24)12-10-4-5-21-7-11(10)25-13(12)22-15(23)16(18,19)20/h1-3,6,21H,4-5,7H2. The maximum Gasteiger partial charge on any atom is 0.450 e. The molecule has 1 aliphatic heterocycles. The van der Waals surface area contributed by atoms with Gasteiger partial charge in [0.15, 0.2) is 0 Å². The lowest BCUT2D eigenvalue weighted by Gasteiger charge is -2.16. The van der Waals surface area contributed by atoms with E-state index < -0.39 is 17.6 Å². The molecule has 1 N–H and O–H groups in total. The zero-order valence-corrected chi connectivity index (χ0v) is 14.2. The van der Waals surface area contributed by atoms with Gasteiger partial charge < -0.3 is 5.32 Å².